The molecule has 2 aromatic rings. The zero-order valence-corrected chi connectivity index (χ0v) is 10.9. The summed E-state index contributed by atoms with van der Waals surface area (Å²) >= 11 is 9.44. The van der Waals surface area contributed by atoms with Gasteiger partial charge in [0.1, 0.15) is 0 Å². The Balaban J connectivity index is 2.73. The highest BCUT2D eigenvalue weighted by atomic mass is 79.9. The van der Waals surface area contributed by atoms with Gasteiger partial charge in [0.05, 0.1) is 10.5 Å². The van der Waals surface area contributed by atoms with Gasteiger partial charge in [-0.15, -0.1) is 0 Å². The fourth-order valence-corrected chi connectivity index (χ4v) is 2.45. The maximum Gasteiger partial charge on any atom is 0.328 e. The van der Waals surface area contributed by atoms with Crippen molar-refractivity contribution >= 4 is 50.5 Å². The van der Waals surface area contributed by atoms with Crippen molar-refractivity contribution in [2.24, 2.45) is 0 Å². The number of nitrogens with zero attached hydrogens (tertiary/aromatic N) is 1. The maximum absolute atomic E-state index is 10.5. The number of rotatable bonds is 2. The van der Waals surface area contributed by atoms with E-state index in [1.165, 1.54) is 6.08 Å². The first-order chi connectivity index (χ1) is 8.09. The van der Waals surface area contributed by atoms with E-state index in [0.29, 0.717) is 20.6 Å². The fourth-order valence-electron chi connectivity index (χ4n) is 1.51. The Labute approximate surface area is 111 Å². The van der Waals surface area contributed by atoms with E-state index in [4.69, 9.17) is 16.7 Å². The molecule has 0 spiro atoms. The summed E-state index contributed by atoms with van der Waals surface area (Å²) in [6, 6.07) is 5.36. The average Bonchev–Trinajstić information content (AvgIpc) is 2.28. The number of carboxylic acid groups (broad SMARTS) is 1. The number of carboxylic acids is 1. The highest BCUT2D eigenvalue weighted by molar-refractivity contribution is 9.10. The molecule has 0 unspecified atom stereocenters. The Bertz CT molecular complexity index is 625. The summed E-state index contributed by atoms with van der Waals surface area (Å²) in [6.45, 7) is 0. The summed E-state index contributed by atoms with van der Waals surface area (Å²) in [5, 5.41) is 10.0. The van der Waals surface area contributed by atoms with Crippen molar-refractivity contribution in [3.63, 3.8) is 0 Å². The molecule has 1 N–H and O–H groups in total. The van der Waals surface area contributed by atoms with Crippen LogP contribution in [0.3, 0.4) is 0 Å². The van der Waals surface area contributed by atoms with Crippen molar-refractivity contribution in [2.45, 2.75) is 0 Å². The Kier molecular flexibility index (Phi) is 3.45. The molecule has 1 aromatic carbocycles. The molecular weight excluding hydrogens is 305 g/mol. The molecule has 1 heterocycles. The topological polar surface area (TPSA) is 50.2 Å². The van der Waals surface area contributed by atoms with E-state index < -0.39 is 5.97 Å². The van der Waals surface area contributed by atoms with Crippen LogP contribution in [0.25, 0.3) is 17.0 Å². The second kappa shape index (κ2) is 4.85. The number of fused-ring (bicyclic) bond motifs is 1. The first-order valence-electron chi connectivity index (χ1n) is 4.73. The highest BCUT2D eigenvalue weighted by Gasteiger charge is 2.08. The van der Waals surface area contributed by atoms with Crippen LogP contribution < -0.4 is 0 Å². The van der Waals surface area contributed by atoms with Crippen molar-refractivity contribution < 1.29 is 9.90 Å². The largest absolute Gasteiger partial charge is 0.478 e. The first-order valence-corrected chi connectivity index (χ1v) is 5.90. The van der Waals surface area contributed by atoms with E-state index in [1.807, 2.05) is 6.07 Å². The average molecular weight is 313 g/mol. The fraction of sp³-hybridized carbons (Fsp3) is 0. The second-order valence-corrected chi connectivity index (χ2v) is 4.59. The van der Waals surface area contributed by atoms with Gasteiger partial charge in [-0.25, -0.2) is 4.79 Å². The molecule has 0 fully saturated rings. The Hall–Kier alpha value is -1.39. The number of pyridine rings is 1. The molecule has 2 rings (SSSR count). The predicted molar refractivity (Wildman–Crippen MR) is 71.1 cm³/mol. The van der Waals surface area contributed by atoms with Crippen LogP contribution in [0, 0.1) is 0 Å². The molecule has 0 saturated carbocycles. The summed E-state index contributed by atoms with van der Waals surface area (Å²) in [6.07, 6.45) is 4.21. The van der Waals surface area contributed by atoms with Crippen LogP contribution in [0.1, 0.15) is 5.56 Å². The molecule has 0 aliphatic rings. The van der Waals surface area contributed by atoms with Crippen molar-refractivity contribution in [1.82, 2.24) is 4.98 Å². The molecule has 0 aliphatic heterocycles. The van der Waals surface area contributed by atoms with Gasteiger partial charge in [-0.05, 0) is 24.3 Å². The molecule has 0 radical (unpaired) electrons. The van der Waals surface area contributed by atoms with Crippen LogP contribution >= 0.6 is 27.5 Å². The van der Waals surface area contributed by atoms with Crippen LogP contribution in [-0.4, -0.2) is 16.1 Å². The van der Waals surface area contributed by atoms with Crippen molar-refractivity contribution in [3.05, 3.63) is 45.5 Å². The van der Waals surface area contributed by atoms with Crippen molar-refractivity contribution in [3.8, 4) is 0 Å². The number of aliphatic carboxylic acids is 1. The number of halogens is 2. The van der Waals surface area contributed by atoms with Gasteiger partial charge < -0.3 is 5.11 Å². The predicted octanol–water partition coefficient (Wildman–Crippen LogP) is 3.75. The van der Waals surface area contributed by atoms with Crippen LogP contribution in [0.2, 0.25) is 5.02 Å². The monoisotopic (exact) mass is 311 g/mol. The van der Waals surface area contributed by atoms with Gasteiger partial charge in [0.15, 0.2) is 0 Å². The van der Waals surface area contributed by atoms with Crippen LogP contribution in [-0.2, 0) is 4.79 Å². The Morgan fingerprint density at radius 3 is 3.00 bits per heavy atom. The number of benzene rings is 1. The second-order valence-electron chi connectivity index (χ2n) is 3.33. The van der Waals surface area contributed by atoms with E-state index >= 15 is 0 Å². The third-order valence-corrected chi connectivity index (χ3v) is 3.19. The minimum Gasteiger partial charge on any atom is -0.478 e. The molecular formula is C12H7BrClNO2. The summed E-state index contributed by atoms with van der Waals surface area (Å²) < 4.78 is 0.714. The van der Waals surface area contributed by atoms with E-state index in [-0.39, 0.29) is 0 Å². The van der Waals surface area contributed by atoms with Crippen LogP contribution in [0.4, 0.5) is 0 Å². The van der Waals surface area contributed by atoms with Crippen molar-refractivity contribution in [2.75, 3.05) is 0 Å². The Morgan fingerprint density at radius 2 is 2.29 bits per heavy atom. The molecule has 0 aliphatic carbocycles. The van der Waals surface area contributed by atoms with Gasteiger partial charge in [-0.2, -0.15) is 0 Å². The third-order valence-electron chi connectivity index (χ3n) is 2.22. The summed E-state index contributed by atoms with van der Waals surface area (Å²) in [5.41, 5.74) is 1.37. The zero-order chi connectivity index (χ0) is 12.4. The summed E-state index contributed by atoms with van der Waals surface area (Å²) in [7, 11) is 0. The van der Waals surface area contributed by atoms with Gasteiger partial charge in [0.2, 0.25) is 0 Å². The number of hydrogen-bond donors (Lipinski definition) is 1. The molecule has 1 aromatic heterocycles. The van der Waals surface area contributed by atoms with Gasteiger partial charge in [-0.3, -0.25) is 4.98 Å². The quantitative estimate of drug-likeness (QED) is 0.859. The normalized spacial score (nSPS) is 11.2. The number of aromatic nitrogens is 1. The van der Waals surface area contributed by atoms with Gasteiger partial charge in [0.25, 0.3) is 0 Å². The lowest BCUT2D eigenvalue weighted by Gasteiger charge is -2.06. The van der Waals surface area contributed by atoms with Crippen LogP contribution in [0.15, 0.2) is 34.9 Å². The summed E-state index contributed by atoms with van der Waals surface area (Å²) in [4.78, 5) is 14.8. The molecule has 86 valence electrons. The van der Waals surface area contributed by atoms with Crippen LogP contribution in [0.5, 0.6) is 0 Å². The van der Waals surface area contributed by atoms with E-state index in [1.54, 1.807) is 18.3 Å². The summed E-state index contributed by atoms with van der Waals surface area (Å²) in [5.74, 6) is -1.00. The Morgan fingerprint density at radius 1 is 1.53 bits per heavy atom. The maximum atomic E-state index is 10.5. The smallest absolute Gasteiger partial charge is 0.328 e. The molecule has 0 amide bonds. The van der Waals surface area contributed by atoms with Gasteiger partial charge >= 0.3 is 5.97 Å². The molecule has 0 atom stereocenters. The molecule has 17 heavy (non-hydrogen) atoms. The standard InChI is InChI=1S/C12H7BrClNO2/c13-9-6-10(14)8-2-1-5-15-12(8)7(9)3-4-11(16)17/h1-6H,(H,16,17)/b4-3+. The minimum atomic E-state index is -1.00. The molecule has 0 saturated heterocycles. The zero-order valence-electron chi connectivity index (χ0n) is 8.52. The minimum absolute atomic E-state index is 0.576. The molecule has 0 bridgehead atoms. The van der Waals surface area contributed by atoms with Gasteiger partial charge in [-0.1, -0.05) is 27.5 Å². The highest BCUT2D eigenvalue weighted by Crippen LogP contribution is 2.32. The van der Waals surface area contributed by atoms with E-state index in [2.05, 4.69) is 20.9 Å². The lowest BCUT2D eigenvalue weighted by molar-refractivity contribution is -0.131. The third kappa shape index (κ3) is 2.48. The van der Waals surface area contributed by atoms with E-state index in [0.717, 1.165) is 11.5 Å². The first kappa shape index (κ1) is 12.1. The number of carbonyl (C=O) groups is 1. The molecule has 5 heteroatoms. The van der Waals surface area contributed by atoms with E-state index in [9.17, 15) is 4.79 Å². The van der Waals surface area contributed by atoms with Crippen molar-refractivity contribution in [1.29, 1.82) is 0 Å². The lowest BCUT2D eigenvalue weighted by Crippen LogP contribution is -1.89. The molecule has 3 nitrogen and oxygen atoms in total. The lowest BCUT2D eigenvalue weighted by atomic mass is 10.1. The SMILES string of the molecule is O=C(O)/C=C/c1c(Br)cc(Cl)c2cccnc12. The van der Waals surface area contributed by atoms with Gasteiger partial charge in [0, 0.05) is 27.7 Å². The number of hydrogen-bond acceptors (Lipinski definition) is 2.